The zero-order valence-electron chi connectivity index (χ0n) is 18.5. The minimum Gasteiger partial charge on any atom is -0.478 e. The van der Waals surface area contributed by atoms with Gasteiger partial charge in [-0.3, -0.25) is 4.40 Å². The number of anilines is 2. The summed E-state index contributed by atoms with van der Waals surface area (Å²) < 4.78 is 9.53. The van der Waals surface area contributed by atoms with Crippen LogP contribution in [-0.2, 0) is 11.5 Å². The molecule has 0 aliphatic heterocycles. The molecule has 0 saturated carbocycles. The van der Waals surface area contributed by atoms with Crippen molar-refractivity contribution in [1.29, 1.82) is 0 Å². The average molecular weight is 471 g/mol. The summed E-state index contributed by atoms with van der Waals surface area (Å²) in [7, 11) is -1.11. The topological polar surface area (TPSA) is 107 Å². The van der Waals surface area contributed by atoms with Crippen molar-refractivity contribution in [1.82, 2.24) is 24.1 Å². The van der Waals surface area contributed by atoms with Crippen LogP contribution >= 0.6 is 11.3 Å². The van der Waals surface area contributed by atoms with Crippen LogP contribution in [0.5, 0.6) is 0 Å². The summed E-state index contributed by atoms with van der Waals surface area (Å²) in [4.78, 5) is 20.3. The number of ether oxygens (including phenoxy) is 1. The minimum atomic E-state index is -1.11. The lowest BCUT2D eigenvalue weighted by Crippen LogP contribution is -2.22. The summed E-state index contributed by atoms with van der Waals surface area (Å²) in [6, 6.07) is 2.71. The number of carboxylic acids is 1. The standard InChI is InChI=1S/C21H26N6O3SSi/c1-14-10-27-17(16-8-23-26(11-16)13-30-5-6-32(2,3)4)9-22-20(27)19(24-14)25-18-7-15(12-31-18)21(28)29/h7-12H,5-6,13H2,1-4H3,(H,24,25)(H,28,29). The minimum absolute atomic E-state index is 0.240. The quantitative estimate of drug-likeness (QED) is 0.269. The van der Waals surface area contributed by atoms with Crippen molar-refractivity contribution in [2.75, 3.05) is 11.9 Å². The Balaban J connectivity index is 1.54. The number of carbonyl (C=O) groups is 1. The lowest BCUT2D eigenvalue weighted by molar-refractivity contribution is 0.0697. The van der Waals surface area contributed by atoms with Gasteiger partial charge in [0.1, 0.15) is 6.73 Å². The zero-order valence-corrected chi connectivity index (χ0v) is 20.3. The van der Waals surface area contributed by atoms with Crippen LogP contribution in [0, 0.1) is 6.92 Å². The predicted octanol–water partition coefficient (Wildman–Crippen LogP) is 4.72. The fourth-order valence-corrected chi connectivity index (χ4v) is 4.67. The normalized spacial score (nSPS) is 11.9. The van der Waals surface area contributed by atoms with Crippen molar-refractivity contribution < 1.29 is 14.6 Å². The van der Waals surface area contributed by atoms with Gasteiger partial charge in [-0.2, -0.15) is 5.10 Å². The van der Waals surface area contributed by atoms with Gasteiger partial charge >= 0.3 is 5.97 Å². The van der Waals surface area contributed by atoms with Crippen LogP contribution in [0.2, 0.25) is 25.7 Å². The van der Waals surface area contributed by atoms with Crippen molar-refractivity contribution in [3.8, 4) is 11.3 Å². The summed E-state index contributed by atoms with van der Waals surface area (Å²) >= 11 is 1.31. The second-order valence-corrected chi connectivity index (χ2v) is 15.3. The molecule has 0 radical (unpaired) electrons. The van der Waals surface area contributed by atoms with Gasteiger partial charge in [0.05, 0.1) is 34.3 Å². The van der Waals surface area contributed by atoms with Crippen LogP contribution in [0.15, 0.2) is 36.2 Å². The molecule has 0 aromatic carbocycles. The maximum atomic E-state index is 11.2. The maximum Gasteiger partial charge on any atom is 0.336 e. The van der Waals surface area contributed by atoms with Gasteiger partial charge in [0.25, 0.3) is 0 Å². The molecular formula is C21H26N6O3SSi. The Labute approximate surface area is 190 Å². The highest BCUT2D eigenvalue weighted by Gasteiger charge is 2.15. The Kier molecular flexibility index (Phi) is 6.13. The molecule has 4 aromatic heterocycles. The molecule has 0 aliphatic carbocycles. The van der Waals surface area contributed by atoms with E-state index in [0.717, 1.165) is 29.6 Å². The second-order valence-electron chi connectivity index (χ2n) is 8.81. The molecule has 11 heteroatoms. The predicted molar refractivity (Wildman–Crippen MR) is 128 cm³/mol. The summed E-state index contributed by atoms with van der Waals surface area (Å²) in [5.74, 6) is -0.390. The lowest BCUT2D eigenvalue weighted by Gasteiger charge is -2.15. The molecule has 0 spiro atoms. The maximum absolute atomic E-state index is 11.2. The van der Waals surface area contributed by atoms with Gasteiger partial charge in [0, 0.05) is 38.0 Å². The highest BCUT2D eigenvalue weighted by atomic mass is 32.1. The largest absolute Gasteiger partial charge is 0.478 e. The van der Waals surface area contributed by atoms with Crippen LogP contribution < -0.4 is 5.32 Å². The van der Waals surface area contributed by atoms with Crippen LogP contribution in [-0.4, -0.2) is 49.9 Å². The van der Waals surface area contributed by atoms with Crippen LogP contribution in [0.25, 0.3) is 16.9 Å². The van der Waals surface area contributed by atoms with Gasteiger partial charge in [-0.1, -0.05) is 19.6 Å². The molecule has 9 nitrogen and oxygen atoms in total. The van der Waals surface area contributed by atoms with Crippen molar-refractivity contribution in [3.05, 3.63) is 47.5 Å². The number of rotatable bonds is 9. The first-order chi connectivity index (χ1) is 15.2. The molecule has 0 amide bonds. The Morgan fingerprint density at radius 3 is 2.81 bits per heavy atom. The van der Waals surface area contributed by atoms with Crippen LogP contribution in [0.4, 0.5) is 10.8 Å². The number of carboxylic acid groups (broad SMARTS) is 1. The molecule has 0 fully saturated rings. The van der Waals surface area contributed by atoms with Gasteiger partial charge in [0.15, 0.2) is 11.5 Å². The lowest BCUT2D eigenvalue weighted by atomic mass is 10.3. The smallest absolute Gasteiger partial charge is 0.336 e. The number of nitrogens with zero attached hydrogens (tertiary/aromatic N) is 5. The molecule has 0 aliphatic rings. The fraction of sp³-hybridized carbons (Fsp3) is 0.333. The molecule has 32 heavy (non-hydrogen) atoms. The molecule has 168 valence electrons. The third-order valence-corrected chi connectivity index (χ3v) is 7.40. The number of thiophene rings is 1. The highest BCUT2D eigenvalue weighted by Crippen LogP contribution is 2.28. The van der Waals surface area contributed by atoms with Crippen molar-refractivity contribution in [2.45, 2.75) is 39.3 Å². The third-order valence-electron chi connectivity index (χ3n) is 4.85. The number of nitrogens with one attached hydrogen (secondary N) is 1. The summed E-state index contributed by atoms with van der Waals surface area (Å²) in [5, 5.41) is 19.1. The Morgan fingerprint density at radius 1 is 1.28 bits per heavy atom. The first-order valence-corrected chi connectivity index (χ1v) is 14.8. The van der Waals surface area contributed by atoms with E-state index in [1.165, 1.54) is 11.3 Å². The molecule has 4 heterocycles. The van der Waals surface area contributed by atoms with Crippen molar-refractivity contribution in [2.24, 2.45) is 0 Å². The number of hydrogen-bond acceptors (Lipinski definition) is 7. The molecule has 2 N–H and O–H groups in total. The van der Waals surface area contributed by atoms with Crippen molar-refractivity contribution in [3.63, 3.8) is 0 Å². The van der Waals surface area contributed by atoms with E-state index in [2.05, 4.69) is 40.0 Å². The van der Waals surface area contributed by atoms with E-state index < -0.39 is 14.0 Å². The van der Waals surface area contributed by atoms with E-state index in [9.17, 15) is 4.79 Å². The Morgan fingerprint density at radius 2 is 2.09 bits per heavy atom. The van der Waals surface area contributed by atoms with Crippen LogP contribution in [0.3, 0.4) is 0 Å². The monoisotopic (exact) mass is 470 g/mol. The summed E-state index contributed by atoms with van der Waals surface area (Å²) in [6.45, 7) is 10.1. The van der Waals surface area contributed by atoms with Crippen molar-refractivity contribution >= 4 is 41.8 Å². The highest BCUT2D eigenvalue weighted by molar-refractivity contribution is 7.14. The second kappa shape index (κ2) is 8.85. The Hall–Kier alpha value is -3.02. The SMILES string of the molecule is Cc1cn2c(-c3cnn(COCC[Si](C)(C)C)c3)cnc2c(Nc2cc(C(=O)O)cs2)n1. The van der Waals surface area contributed by atoms with E-state index in [1.807, 2.05) is 23.7 Å². The molecule has 0 saturated heterocycles. The number of aromatic nitrogens is 5. The number of imidazole rings is 1. The van der Waals surface area contributed by atoms with E-state index in [4.69, 9.17) is 9.84 Å². The zero-order chi connectivity index (χ0) is 22.9. The van der Waals surface area contributed by atoms with E-state index >= 15 is 0 Å². The van der Waals surface area contributed by atoms with Gasteiger partial charge in [-0.05, 0) is 19.0 Å². The molecule has 0 unspecified atom stereocenters. The number of hydrogen-bond donors (Lipinski definition) is 2. The first-order valence-electron chi connectivity index (χ1n) is 10.2. The van der Waals surface area contributed by atoms with E-state index in [0.29, 0.717) is 23.2 Å². The van der Waals surface area contributed by atoms with E-state index in [1.54, 1.807) is 28.5 Å². The van der Waals surface area contributed by atoms with Crippen LogP contribution in [0.1, 0.15) is 16.1 Å². The van der Waals surface area contributed by atoms with Gasteiger partial charge < -0.3 is 15.2 Å². The number of aromatic carboxylic acids is 1. The molecular weight excluding hydrogens is 444 g/mol. The number of aryl methyl sites for hydroxylation is 1. The average Bonchev–Trinajstić information content (AvgIpc) is 3.43. The summed E-state index contributed by atoms with van der Waals surface area (Å²) in [6.07, 6.45) is 7.44. The number of fused-ring (bicyclic) bond motifs is 1. The van der Waals surface area contributed by atoms with Gasteiger partial charge in [0.2, 0.25) is 0 Å². The third kappa shape index (κ3) is 5.06. The van der Waals surface area contributed by atoms with Gasteiger partial charge in [-0.25, -0.2) is 19.4 Å². The molecule has 0 atom stereocenters. The first kappa shape index (κ1) is 22.2. The van der Waals surface area contributed by atoms with Gasteiger partial charge in [-0.15, -0.1) is 11.3 Å². The fourth-order valence-electron chi connectivity index (χ4n) is 3.14. The summed E-state index contributed by atoms with van der Waals surface area (Å²) in [5.41, 5.74) is 3.50. The molecule has 4 rings (SSSR count). The molecule has 0 bridgehead atoms. The Bertz CT molecular complexity index is 1260. The molecule has 4 aromatic rings. The van der Waals surface area contributed by atoms with E-state index in [-0.39, 0.29) is 5.56 Å².